The van der Waals surface area contributed by atoms with E-state index in [-0.39, 0.29) is 6.42 Å². The largest absolute Gasteiger partial charge is 0.290 e. The maximum absolute atomic E-state index is 15.2. The molecule has 0 bridgehead atoms. The van der Waals surface area contributed by atoms with Crippen molar-refractivity contribution in [2.45, 2.75) is 12.1 Å². The molecule has 0 saturated carbocycles. The van der Waals surface area contributed by atoms with E-state index in [1.165, 1.54) is 0 Å². The van der Waals surface area contributed by atoms with Crippen molar-refractivity contribution in [3.05, 3.63) is 71.8 Å². The molecule has 2 aromatic rings. The first kappa shape index (κ1) is 14.2. The van der Waals surface area contributed by atoms with Gasteiger partial charge in [-0.2, -0.15) is 0 Å². The van der Waals surface area contributed by atoms with Crippen molar-refractivity contribution in [3.63, 3.8) is 0 Å². The van der Waals surface area contributed by atoms with Crippen molar-refractivity contribution in [1.29, 1.82) is 0 Å². The topological polar surface area (TPSA) is 17.1 Å². The molecule has 1 unspecified atom stereocenters. The molecular weight excluding hydrogens is 354 g/mol. The quantitative estimate of drug-likeness (QED) is 0.430. The van der Waals surface area contributed by atoms with Gasteiger partial charge in [-0.05, 0) is 5.56 Å². The minimum absolute atomic E-state index is 0.186. The van der Waals surface area contributed by atoms with E-state index >= 15 is 4.39 Å². The zero-order valence-corrected chi connectivity index (χ0v) is 12.5. The lowest BCUT2D eigenvalue weighted by Gasteiger charge is -2.23. The van der Waals surface area contributed by atoms with Crippen LogP contribution >= 0.6 is 22.6 Å². The Hall–Kier alpha value is -1.23. The first-order valence-corrected chi connectivity index (χ1v) is 7.61. The molecule has 0 fully saturated rings. The molecule has 0 saturated heterocycles. The molecule has 1 nitrogen and oxygen atoms in total. The summed E-state index contributed by atoms with van der Waals surface area (Å²) in [6.07, 6.45) is 0.186. The predicted octanol–water partition coefficient (Wildman–Crippen LogP) is 4.56. The third-order valence-electron chi connectivity index (χ3n) is 3.07. The van der Waals surface area contributed by atoms with Crippen LogP contribution in [0.2, 0.25) is 0 Å². The maximum atomic E-state index is 15.2. The van der Waals surface area contributed by atoms with Gasteiger partial charge >= 0.3 is 0 Å². The number of hydrogen-bond acceptors (Lipinski definition) is 1. The lowest BCUT2D eigenvalue weighted by atomic mass is 9.85. The van der Waals surface area contributed by atoms with Gasteiger partial charge in [0.05, 0.1) is 0 Å². The highest BCUT2D eigenvalue weighted by molar-refractivity contribution is 14.1. The summed E-state index contributed by atoms with van der Waals surface area (Å²) in [5.41, 5.74) is -1.09. The standard InChI is InChI=1S/C16H14FIO/c17-16(11-12-18,14-9-5-2-6-10-14)15(19)13-7-3-1-4-8-13/h1-10H,11-12H2. The molecule has 0 heterocycles. The molecule has 0 amide bonds. The number of halogens is 2. The van der Waals surface area contributed by atoms with Gasteiger partial charge in [0.1, 0.15) is 0 Å². The predicted molar refractivity (Wildman–Crippen MR) is 83.5 cm³/mol. The van der Waals surface area contributed by atoms with Crippen LogP contribution in [-0.4, -0.2) is 10.2 Å². The summed E-state index contributed by atoms with van der Waals surface area (Å²) in [5.74, 6) is -0.462. The average molecular weight is 368 g/mol. The van der Waals surface area contributed by atoms with Crippen LogP contribution in [0.5, 0.6) is 0 Å². The highest BCUT2D eigenvalue weighted by Crippen LogP contribution is 2.34. The number of hydrogen-bond donors (Lipinski definition) is 0. The Morgan fingerprint density at radius 3 is 2.05 bits per heavy atom. The lowest BCUT2D eigenvalue weighted by molar-refractivity contribution is 0.0671. The van der Waals surface area contributed by atoms with E-state index in [2.05, 4.69) is 22.6 Å². The molecule has 0 aliphatic carbocycles. The van der Waals surface area contributed by atoms with Gasteiger partial charge in [-0.25, -0.2) is 4.39 Å². The summed E-state index contributed by atoms with van der Waals surface area (Å²) < 4.78 is 15.8. The van der Waals surface area contributed by atoms with Crippen molar-refractivity contribution >= 4 is 28.4 Å². The Labute approximate surface area is 126 Å². The van der Waals surface area contributed by atoms with E-state index in [4.69, 9.17) is 0 Å². The van der Waals surface area contributed by atoms with Gasteiger partial charge in [0, 0.05) is 16.4 Å². The van der Waals surface area contributed by atoms with E-state index in [1.54, 1.807) is 48.5 Å². The van der Waals surface area contributed by atoms with Crippen molar-refractivity contribution in [3.8, 4) is 0 Å². The van der Waals surface area contributed by atoms with Crippen LogP contribution in [0.15, 0.2) is 60.7 Å². The van der Waals surface area contributed by atoms with Crippen LogP contribution < -0.4 is 0 Å². The van der Waals surface area contributed by atoms with Gasteiger partial charge in [-0.1, -0.05) is 83.3 Å². The Morgan fingerprint density at radius 1 is 1.00 bits per heavy atom. The monoisotopic (exact) mass is 368 g/mol. The second kappa shape index (κ2) is 6.28. The number of carbonyl (C=O) groups is 1. The van der Waals surface area contributed by atoms with Gasteiger partial charge in [-0.3, -0.25) is 4.79 Å². The average Bonchev–Trinajstić information content (AvgIpc) is 2.48. The van der Waals surface area contributed by atoms with E-state index in [1.807, 2.05) is 12.1 Å². The molecule has 1 atom stereocenters. The molecule has 0 spiro atoms. The van der Waals surface area contributed by atoms with Gasteiger partial charge < -0.3 is 0 Å². The zero-order valence-electron chi connectivity index (χ0n) is 10.4. The van der Waals surface area contributed by atoms with E-state index in [0.29, 0.717) is 15.6 Å². The molecule has 0 N–H and O–H groups in total. The highest BCUT2D eigenvalue weighted by atomic mass is 127. The molecule has 0 radical (unpaired) electrons. The van der Waals surface area contributed by atoms with Crippen molar-refractivity contribution in [2.24, 2.45) is 0 Å². The van der Waals surface area contributed by atoms with Crippen molar-refractivity contribution in [1.82, 2.24) is 0 Å². The second-order valence-electron chi connectivity index (χ2n) is 4.30. The number of rotatable bonds is 5. The fourth-order valence-corrected chi connectivity index (χ4v) is 2.78. The van der Waals surface area contributed by atoms with Crippen LogP contribution in [0.1, 0.15) is 22.3 Å². The first-order valence-electron chi connectivity index (χ1n) is 6.09. The maximum Gasteiger partial charge on any atom is 0.204 e. The molecule has 98 valence electrons. The highest BCUT2D eigenvalue weighted by Gasteiger charge is 2.39. The molecule has 19 heavy (non-hydrogen) atoms. The summed E-state index contributed by atoms with van der Waals surface area (Å²) in [5, 5.41) is 0. The zero-order chi connectivity index (χ0) is 13.7. The Kier molecular flexibility index (Phi) is 4.69. The molecule has 3 heteroatoms. The summed E-state index contributed by atoms with van der Waals surface area (Å²) in [6, 6.07) is 17.3. The van der Waals surface area contributed by atoms with E-state index in [9.17, 15) is 4.79 Å². The van der Waals surface area contributed by atoms with Crippen molar-refractivity contribution < 1.29 is 9.18 Å². The third-order valence-corrected chi connectivity index (χ3v) is 3.61. The molecule has 0 aromatic heterocycles. The van der Waals surface area contributed by atoms with Crippen LogP contribution in [0.25, 0.3) is 0 Å². The minimum atomic E-state index is -1.94. The molecular formula is C16H14FIO. The van der Waals surface area contributed by atoms with Crippen LogP contribution in [0.4, 0.5) is 4.39 Å². The summed E-state index contributed by atoms with van der Waals surface area (Å²) in [7, 11) is 0. The van der Waals surface area contributed by atoms with Gasteiger partial charge in [-0.15, -0.1) is 0 Å². The summed E-state index contributed by atoms with van der Waals surface area (Å²) in [6.45, 7) is 0. The normalized spacial score (nSPS) is 13.8. The second-order valence-corrected chi connectivity index (χ2v) is 5.38. The summed E-state index contributed by atoms with van der Waals surface area (Å²) >= 11 is 2.10. The fraction of sp³-hybridized carbons (Fsp3) is 0.188. The number of benzene rings is 2. The third kappa shape index (κ3) is 3.03. The van der Waals surface area contributed by atoms with Crippen LogP contribution in [0, 0.1) is 0 Å². The Bertz CT molecular complexity index is 541. The van der Waals surface area contributed by atoms with E-state index < -0.39 is 11.5 Å². The lowest BCUT2D eigenvalue weighted by Crippen LogP contribution is -2.31. The van der Waals surface area contributed by atoms with Gasteiger partial charge in [0.2, 0.25) is 5.78 Å². The minimum Gasteiger partial charge on any atom is -0.290 e. The van der Waals surface area contributed by atoms with E-state index in [0.717, 1.165) is 0 Å². The number of alkyl halides is 2. The molecule has 2 aromatic carbocycles. The van der Waals surface area contributed by atoms with Crippen molar-refractivity contribution in [2.75, 3.05) is 4.43 Å². The fourth-order valence-electron chi connectivity index (χ4n) is 2.04. The molecule has 0 aliphatic heterocycles. The summed E-state index contributed by atoms with van der Waals surface area (Å²) in [4.78, 5) is 12.5. The molecule has 2 rings (SSSR count). The first-order chi connectivity index (χ1) is 9.18. The Balaban J connectivity index is 2.43. The van der Waals surface area contributed by atoms with Gasteiger partial charge in [0.15, 0.2) is 5.67 Å². The van der Waals surface area contributed by atoms with Gasteiger partial charge in [0.25, 0.3) is 0 Å². The number of Topliss-reactive ketones (excluding diaryl/α,β-unsaturated/α-hetero) is 1. The van der Waals surface area contributed by atoms with Crippen LogP contribution in [-0.2, 0) is 5.67 Å². The molecule has 0 aliphatic rings. The number of carbonyl (C=O) groups excluding carboxylic acids is 1. The SMILES string of the molecule is O=C(c1ccccc1)C(F)(CCI)c1ccccc1. The van der Waals surface area contributed by atoms with Crippen LogP contribution in [0.3, 0.4) is 0 Å². The number of ketones is 1. The Morgan fingerprint density at radius 2 is 1.53 bits per heavy atom. The smallest absolute Gasteiger partial charge is 0.204 e.